The van der Waals surface area contributed by atoms with Gasteiger partial charge in [0.05, 0.1) is 5.69 Å². The first kappa shape index (κ1) is 22.8. The minimum Gasteiger partial charge on any atom is -0.385 e. The third-order valence-corrected chi connectivity index (χ3v) is 4.81. The molecule has 32 heavy (non-hydrogen) atoms. The Kier molecular flexibility index (Phi) is 7.82. The number of aromatic nitrogens is 3. The molecule has 0 atom stereocenters. The molecule has 0 bridgehead atoms. The van der Waals surface area contributed by atoms with Crippen molar-refractivity contribution in [2.45, 2.75) is 19.8 Å². The molecule has 9 heteroatoms. The predicted octanol–water partition coefficient (Wildman–Crippen LogP) is 3.64. The summed E-state index contributed by atoms with van der Waals surface area (Å²) in [6, 6.07) is 12.6. The zero-order chi connectivity index (χ0) is 22.9. The number of anilines is 4. The maximum atomic E-state index is 12.6. The fourth-order valence-corrected chi connectivity index (χ4v) is 3.13. The van der Waals surface area contributed by atoms with Crippen molar-refractivity contribution in [2.75, 3.05) is 31.4 Å². The lowest BCUT2D eigenvalue weighted by Gasteiger charge is -2.15. The smallest absolute Gasteiger partial charge is 0.273 e. The Morgan fingerprint density at radius 2 is 1.84 bits per heavy atom. The van der Waals surface area contributed by atoms with E-state index in [4.69, 9.17) is 4.74 Å². The molecule has 0 unspecified atom stereocenters. The largest absolute Gasteiger partial charge is 0.385 e. The number of carbonyl (C=O) groups excluding carboxylic acids is 2. The molecule has 0 spiro atoms. The second-order valence-corrected chi connectivity index (χ2v) is 7.03. The van der Waals surface area contributed by atoms with Gasteiger partial charge in [0.15, 0.2) is 17.3 Å². The van der Waals surface area contributed by atoms with Crippen molar-refractivity contribution in [3.05, 3.63) is 65.5 Å². The summed E-state index contributed by atoms with van der Waals surface area (Å²) in [5.74, 6) is 0.678. The van der Waals surface area contributed by atoms with Gasteiger partial charge in [-0.2, -0.15) is 0 Å². The van der Waals surface area contributed by atoms with E-state index in [9.17, 15) is 9.59 Å². The SMILES string of the molecule is CNC(=O)c1nnc(Nc2ccccn2)cc1Nc1cccc(C(=O)CCCOC)c1C. The molecule has 0 radical (unpaired) electrons. The van der Waals surface area contributed by atoms with E-state index in [1.54, 1.807) is 37.6 Å². The highest BCUT2D eigenvalue weighted by Crippen LogP contribution is 2.27. The normalized spacial score (nSPS) is 10.5. The Bertz CT molecular complexity index is 1090. The van der Waals surface area contributed by atoms with Gasteiger partial charge in [0.1, 0.15) is 5.82 Å². The molecule has 0 fully saturated rings. The van der Waals surface area contributed by atoms with Gasteiger partial charge in [-0.15, -0.1) is 10.2 Å². The van der Waals surface area contributed by atoms with Gasteiger partial charge in [0.25, 0.3) is 5.91 Å². The van der Waals surface area contributed by atoms with Gasteiger partial charge >= 0.3 is 0 Å². The van der Waals surface area contributed by atoms with Crippen LogP contribution in [0.25, 0.3) is 0 Å². The summed E-state index contributed by atoms with van der Waals surface area (Å²) in [6.07, 6.45) is 2.72. The molecule has 1 aromatic carbocycles. The van der Waals surface area contributed by atoms with Crippen molar-refractivity contribution in [1.29, 1.82) is 0 Å². The number of pyridine rings is 1. The lowest BCUT2D eigenvalue weighted by Crippen LogP contribution is -2.21. The highest BCUT2D eigenvalue weighted by molar-refractivity contribution is 6.00. The summed E-state index contributed by atoms with van der Waals surface area (Å²) in [6.45, 7) is 2.40. The number of amides is 1. The summed E-state index contributed by atoms with van der Waals surface area (Å²) in [5.41, 5.74) is 2.69. The van der Waals surface area contributed by atoms with Gasteiger partial charge in [-0.25, -0.2) is 4.98 Å². The monoisotopic (exact) mass is 434 g/mol. The topological polar surface area (TPSA) is 118 Å². The number of carbonyl (C=O) groups is 2. The lowest BCUT2D eigenvalue weighted by atomic mass is 10.00. The zero-order valence-electron chi connectivity index (χ0n) is 18.3. The summed E-state index contributed by atoms with van der Waals surface area (Å²) in [7, 11) is 3.14. The molecule has 0 aliphatic carbocycles. The average molecular weight is 435 g/mol. The van der Waals surface area contributed by atoms with E-state index in [0.717, 1.165) is 5.56 Å². The number of hydrogen-bond acceptors (Lipinski definition) is 8. The van der Waals surface area contributed by atoms with Crippen LogP contribution in [0, 0.1) is 6.92 Å². The summed E-state index contributed by atoms with van der Waals surface area (Å²) >= 11 is 0. The van der Waals surface area contributed by atoms with Gasteiger partial charge in [-0.1, -0.05) is 18.2 Å². The molecular formula is C23H26N6O3. The van der Waals surface area contributed by atoms with Gasteiger partial charge in [0, 0.05) is 50.7 Å². The third kappa shape index (κ3) is 5.64. The van der Waals surface area contributed by atoms with E-state index >= 15 is 0 Å². The molecule has 0 saturated carbocycles. The van der Waals surface area contributed by atoms with Gasteiger partial charge in [-0.05, 0) is 37.1 Å². The Balaban J connectivity index is 1.91. The van der Waals surface area contributed by atoms with Gasteiger partial charge in [-0.3, -0.25) is 9.59 Å². The fraction of sp³-hybridized carbons (Fsp3) is 0.261. The minimum atomic E-state index is -0.381. The maximum absolute atomic E-state index is 12.6. The highest BCUT2D eigenvalue weighted by Gasteiger charge is 2.17. The van der Waals surface area contributed by atoms with Crippen LogP contribution in [0.4, 0.5) is 23.0 Å². The van der Waals surface area contributed by atoms with E-state index in [1.165, 1.54) is 7.05 Å². The summed E-state index contributed by atoms with van der Waals surface area (Å²) in [4.78, 5) is 29.2. The molecule has 0 aliphatic heterocycles. The van der Waals surface area contributed by atoms with Crippen LogP contribution in [0.3, 0.4) is 0 Å². The number of methoxy groups -OCH3 is 1. The van der Waals surface area contributed by atoms with Crippen molar-refractivity contribution < 1.29 is 14.3 Å². The standard InChI is InChI=1S/C23H26N6O3/c1-15-16(19(30)10-7-13-32-3)8-6-9-17(15)26-18-14-21(27-20-11-4-5-12-25-20)28-29-22(18)23(31)24-2/h4-6,8-9,11-12,14H,7,10,13H2,1-3H3,(H,24,31)(H2,25,26,27,28). The molecule has 166 valence electrons. The van der Waals surface area contributed by atoms with Crippen LogP contribution in [-0.4, -0.2) is 47.6 Å². The quantitative estimate of drug-likeness (QED) is 0.327. The van der Waals surface area contributed by atoms with Crippen molar-refractivity contribution in [3.63, 3.8) is 0 Å². The molecule has 1 amide bonds. The first-order chi connectivity index (χ1) is 15.5. The third-order valence-electron chi connectivity index (χ3n) is 4.81. The Morgan fingerprint density at radius 1 is 1.00 bits per heavy atom. The van der Waals surface area contributed by atoms with Crippen LogP contribution in [0.15, 0.2) is 48.7 Å². The van der Waals surface area contributed by atoms with Crippen LogP contribution in [-0.2, 0) is 4.74 Å². The van der Waals surface area contributed by atoms with E-state index in [-0.39, 0.29) is 17.4 Å². The first-order valence-corrected chi connectivity index (χ1v) is 10.2. The Labute approximate surface area is 186 Å². The van der Waals surface area contributed by atoms with Gasteiger partial charge in [0.2, 0.25) is 0 Å². The van der Waals surface area contributed by atoms with Crippen LogP contribution < -0.4 is 16.0 Å². The molecule has 9 nitrogen and oxygen atoms in total. The van der Waals surface area contributed by atoms with Crippen LogP contribution >= 0.6 is 0 Å². The van der Waals surface area contributed by atoms with E-state index in [0.29, 0.717) is 48.0 Å². The molecule has 3 N–H and O–H groups in total. The van der Waals surface area contributed by atoms with Crippen LogP contribution in [0.5, 0.6) is 0 Å². The molecule has 2 aromatic heterocycles. The van der Waals surface area contributed by atoms with Crippen LogP contribution in [0.2, 0.25) is 0 Å². The molecule has 3 aromatic rings. The van der Waals surface area contributed by atoms with Crippen molar-refractivity contribution in [2.24, 2.45) is 0 Å². The summed E-state index contributed by atoms with van der Waals surface area (Å²) in [5, 5.41) is 17.0. The minimum absolute atomic E-state index is 0.0417. The predicted molar refractivity (Wildman–Crippen MR) is 123 cm³/mol. The second-order valence-electron chi connectivity index (χ2n) is 7.03. The molecule has 0 saturated heterocycles. The van der Waals surface area contributed by atoms with Crippen LogP contribution in [0.1, 0.15) is 39.3 Å². The number of ketones is 1. The van der Waals surface area contributed by atoms with E-state index in [2.05, 4.69) is 31.1 Å². The second kappa shape index (κ2) is 11.0. The first-order valence-electron chi connectivity index (χ1n) is 10.2. The van der Waals surface area contributed by atoms with Crippen molar-refractivity contribution >= 4 is 34.7 Å². The fourth-order valence-electron chi connectivity index (χ4n) is 3.13. The molecular weight excluding hydrogens is 408 g/mol. The Hall–Kier alpha value is -3.85. The number of rotatable bonds is 10. The summed E-state index contributed by atoms with van der Waals surface area (Å²) < 4.78 is 5.04. The van der Waals surface area contributed by atoms with E-state index in [1.807, 2.05) is 25.1 Å². The number of benzene rings is 1. The van der Waals surface area contributed by atoms with Crippen molar-refractivity contribution in [1.82, 2.24) is 20.5 Å². The molecule has 0 aliphatic rings. The molecule has 3 rings (SSSR count). The van der Waals surface area contributed by atoms with E-state index < -0.39 is 0 Å². The number of nitrogens with one attached hydrogen (secondary N) is 3. The zero-order valence-corrected chi connectivity index (χ0v) is 18.3. The average Bonchev–Trinajstić information content (AvgIpc) is 2.81. The number of Topliss-reactive ketones (excluding diaryl/α,β-unsaturated/α-hetero) is 1. The Morgan fingerprint density at radius 3 is 2.56 bits per heavy atom. The molecule has 2 heterocycles. The highest BCUT2D eigenvalue weighted by atomic mass is 16.5. The number of ether oxygens (including phenoxy) is 1. The maximum Gasteiger partial charge on any atom is 0.273 e. The van der Waals surface area contributed by atoms with Gasteiger partial charge < -0.3 is 20.7 Å². The number of hydrogen-bond donors (Lipinski definition) is 3. The number of nitrogens with zero attached hydrogens (tertiary/aromatic N) is 3. The van der Waals surface area contributed by atoms with Crippen molar-refractivity contribution in [3.8, 4) is 0 Å². The lowest BCUT2D eigenvalue weighted by molar-refractivity contribution is 0.0952.